The molecule has 4 aromatic carbocycles. The van der Waals surface area contributed by atoms with Crippen LogP contribution in [0.4, 0.5) is 24.5 Å². The van der Waals surface area contributed by atoms with Crippen LogP contribution in [0.3, 0.4) is 0 Å². The van der Waals surface area contributed by atoms with Gasteiger partial charge in [-0.15, -0.1) is 0 Å². The summed E-state index contributed by atoms with van der Waals surface area (Å²) in [5, 5.41) is 2.90. The molecule has 0 aliphatic carbocycles. The Hall–Kier alpha value is -5.12. The quantitative estimate of drug-likeness (QED) is 0.194. The molecule has 0 radical (unpaired) electrons. The Bertz CT molecular complexity index is 1680. The van der Waals surface area contributed by atoms with Crippen molar-refractivity contribution in [1.82, 2.24) is 4.90 Å². The highest BCUT2D eigenvalue weighted by molar-refractivity contribution is 6.08. The van der Waals surface area contributed by atoms with Crippen LogP contribution >= 0.6 is 0 Å². The lowest BCUT2D eigenvalue weighted by Crippen LogP contribution is -2.42. The Morgan fingerprint density at radius 1 is 0.872 bits per heavy atom. The van der Waals surface area contributed by atoms with Crippen LogP contribution in [0.25, 0.3) is 11.1 Å². The number of hydrogen-bond donors (Lipinski definition) is 1. The first-order chi connectivity index (χ1) is 22.5. The fraction of sp³-hybridized carbons (Fsp3) is 0.270. The fourth-order valence-corrected chi connectivity index (χ4v) is 6.07. The Morgan fingerprint density at radius 3 is 2.11 bits per heavy atom. The number of anilines is 2. The summed E-state index contributed by atoms with van der Waals surface area (Å²) in [5.41, 5.74) is 3.12. The third kappa shape index (κ3) is 8.00. The molecule has 1 fully saturated rings. The lowest BCUT2D eigenvalue weighted by atomic mass is 9.79. The van der Waals surface area contributed by atoms with Gasteiger partial charge in [0.25, 0.3) is 5.91 Å². The van der Waals surface area contributed by atoms with E-state index in [-0.39, 0.29) is 30.2 Å². The topological polar surface area (TPSA) is 79.0 Å². The van der Waals surface area contributed by atoms with E-state index in [2.05, 4.69) is 10.2 Å². The molecule has 1 unspecified atom stereocenters. The third-order valence-corrected chi connectivity index (χ3v) is 8.59. The molecule has 4 aromatic rings. The number of halogens is 3. The minimum atomic E-state index is -4.44. The van der Waals surface area contributed by atoms with Crippen molar-refractivity contribution in [2.45, 2.75) is 24.9 Å². The van der Waals surface area contributed by atoms with Gasteiger partial charge in [0.15, 0.2) is 0 Å². The van der Waals surface area contributed by atoms with Crippen LogP contribution in [0, 0.1) is 5.92 Å². The van der Waals surface area contributed by atoms with Gasteiger partial charge in [0.1, 0.15) is 6.54 Å². The number of esters is 1. The number of carbonyl (C=O) groups is 3. The van der Waals surface area contributed by atoms with Crippen LogP contribution in [0.1, 0.15) is 40.2 Å². The average molecular weight is 644 g/mol. The fourth-order valence-electron chi connectivity index (χ4n) is 6.07. The summed E-state index contributed by atoms with van der Waals surface area (Å²) in [6.07, 6.45) is -2.89. The minimum Gasteiger partial charge on any atom is -0.468 e. The molecular weight excluding hydrogens is 607 g/mol. The molecule has 1 aliphatic heterocycles. The molecule has 1 heterocycles. The first-order valence-corrected chi connectivity index (χ1v) is 15.3. The van der Waals surface area contributed by atoms with Crippen molar-refractivity contribution in [3.63, 3.8) is 0 Å². The standard InChI is InChI=1S/C37H36F3N3O4/c1-42(24-33(44)47-2)36(46)34(26-8-4-3-5-9-26)27-20-22-43(23-21-27)30-18-16-29(17-19-30)41-35(45)32-11-7-6-10-31(32)25-12-14-28(15-13-25)37(38,39)40/h3-19,27,34H,20-24H2,1-2H3,(H,41,45). The normalized spacial score (nSPS) is 14.3. The van der Waals surface area contributed by atoms with Gasteiger partial charge in [0.2, 0.25) is 5.91 Å². The molecular formula is C37H36F3N3O4. The number of carbonyl (C=O) groups excluding carboxylic acids is 3. The van der Waals surface area contributed by atoms with Crippen LogP contribution in [0.2, 0.25) is 0 Å². The van der Waals surface area contributed by atoms with Gasteiger partial charge in [-0.25, -0.2) is 0 Å². The van der Waals surface area contributed by atoms with Crippen LogP contribution in [-0.2, 0) is 20.5 Å². The summed E-state index contributed by atoms with van der Waals surface area (Å²) >= 11 is 0. The number of benzene rings is 4. The monoisotopic (exact) mass is 643 g/mol. The van der Waals surface area contributed by atoms with E-state index in [9.17, 15) is 27.6 Å². The highest BCUT2D eigenvalue weighted by atomic mass is 19.4. The molecule has 47 heavy (non-hydrogen) atoms. The van der Waals surface area contributed by atoms with E-state index in [4.69, 9.17) is 4.74 Å². The number of piperidine rings is 1. The first-order valence-electron chi connectivity index (χ1n) is 15.3. The number of likely N-dealkylation sites (N-methyl/N-ethyl adjacent to an activating group) is 1. The summed E-state index contributed by atoms with van der Waals surface area (Å²) in [6.45, 7) is 1.35. The highest BCUT2D eigenvalue weighted by Crippen LogP contribution is 2.36. The lowest BCUT2D eigenvalue weighted by Gasteiger charge is -2.38. The second kappa shape index (κ2) is 14.5. The lowest BCUT2D eigenvalue weighted by molar-refractivity contribution is -0.147. The summed E-state index contributed by atoms with van der Waals surface area (Å²) in [4.78, 5) is 42.3. The van der Waals surface area contributed by atoms with Gasteiger partial charge in [-0.2, -0.15) is 13.2 Å². The first kappa shape index (κ1) is 33.2. The molecule has 0 aromatic heterocycles. The smallest absolute Gasteiger partial charge is 0.416 e. The van der Waals surface area contributed by atoms with E-state index in [0.29, 0.717) is 22.4 Å². The maximum absolute atomic E-state index is 13.6. The molecule has 10 heteroatoms. The van der Waals surface area contributed by atoms with Gasteiger partial charge in [0.05, 0.1) is 18.6 Å². The number of methoxy groups -OCH3 is 1. The second-order valence-corrected chi connectivity index (χ2v) is 11.6. The number of nitrogens with one attached hydrogen (secondary N) is 1. The van der Waals surface area contributed by atoms with Crippen molar-refractivity contribution in [3.05, 3.63) is 120 Å². The van der Waals surface area contributed by atoms with Crippen molar-refractivity contribution in [2.75, 3.05) is 44.0 Å². The number of alkyl halides is 3. The van der Waals surface area contributed by atoms with Crippen LogP contribution in [0.5, 0.6) is 0 Å². The van der Waals surface area contributed by atoms with Gasteiger partial charge in [-0.1, -0.05) is 60.7 Å². The number of hydrogen-bond acceptors (Lipinski definition) is 5. The van der Waals surface area contributed by atoms with Crippen molar-refractivity contribution in [2.24, 2.45) is 5.92 Å². The maximum atomic E-state index is 13.6. The summed E-state index contributed by atoms with van der Waals surface area (Å²) < 4.78 is 43.9. The number of rotatable bonds is 9. The molecule has 1 atom stereocenters. The zero-order valence-corrected chi connectivity index (χ0v) is 26.2. The zero-order chi connectivity index (χ0) is 33.6. The molecule has 0 spiro atoms. The maximum Gasteiger partial charge on any atom is 0.416 e. The molecule has 2 amide bonds. The van der Waals surface area contributed by atoms with Crippen molar-refractivity contribution < 1.29 is 32.3 Å². The van der Waals surface area contributed by atoms with Gasteiger partial charge < -0.3 is 19.9 Å². The summed E-state index contributed by atoms with van der Waals surface area (Å²) in [5.74, 6) is -1.24. The van der Waals surface area contributed by atoms with E-state index in [1.165, 1.54) is 24.1 Å². The molecule has 0 bridgehead atoms. The van der Waals surface area contributed by atoms with Crippen molar-refractivity contribution in [3.8, 4) is 11.1 Å². The SMILES string of the molecule is COC(=O)CN(C)C(=O)C(c1ccccc1)C1CCN(c2ccc(NC(=O)c3ccccc3-c3ccc(C(F)(F)F)cc3)cc2)CC1. The van der Waals surface area contributed by atoms with Gasteiger partial charge in [-0.3, -0.25) is 14.4 Å². The second-order valence-electron chi connectivity index (χ2n) is 11.6. The number of ether oxygens (including phenoxy) is 1. The van der Waals surface area contributed by atoms with Crippen molar-refractivity contribution >= 4 is 29.2 Å². The van der Waals surface area contributed by atoms with Crippen molar-refractivity contribution in [1.29, 1.82) is 0 Å². The van der Waals surface area contributed by atoms with E-state index in [0.717, 1.165) is 49.3 Å². The number of amides is 2. The van der Waals surface area contributed by atoms with Gasteiger partial charge in [-0.05, 0) is 77.9 Å². The molecule has 1 N–H and O–H groups in total. The Kier molecular flexibility index (Phi) is 10.3. The minimum absolute atomic E-state index is 0.0875. The summed E-state index contributed by atoms with van der Waals surface area (Å²) in [7, 11) is 2.93. The Balaban J connectivity index is 1.23. The van der Waals surface area contributed by atoms with E-state index >= 15 is 0 Å². The predicted octanol–water partition coefficient (Wildman–Crippen LogP) is 7.26. The van der Waals surface area contributed by atoms with Gasteiger partial charge in [0, 0.05) is 37.1 Å². The number of nitrogens with zero attached hydrogens (tertiary/aromatic N) is 2. The average Bonchev–Trinajstić information content (AvgIpc) is 3.09. The third-order valence-electron chi connectivity index (χ3n) is 8.59. The largest absolute Gasteiger partial charge is 0.468 e. The molecule has 244 valence electrons. The molecule has 7 nitrogen and oxygen atoms in total. The molecule has 1 saturated heterocycles. The van der Waals surface area contributed by atoms with Crippen LogP contribution in [-0.4, -0.2) is 56.5 Å². The van der Waals surface area contributed by atoms with E-state index in [1.54, 1.807) is 31.3 Å². The van der Waals surface area contributed by atoms with E-state index < -0.39 is 17.7 Å². The Labute approximate surface area is 272 Å². The molecule has 5 rings (SSSR count). The van der Waals surface area contributed by atoms with Crippen LogP contribution in [0.15, 0.2) is 103 Å². The molecule has 1 aliphatic rings. The highest BCUT2D eigenvalue weighted by Gasteiger charge is 2.35. The predicted molar refractivity (Wildman–Crippen MR) is 175 cm³/mol. The summed E-state index contributed by atoms with van der Waals surface area (Å²) in [6, 6.07) is 28.7. The van der Waals surface area contributed by atoms with Gasteiger partial charge >= 0.3 is 12.1 Å². The van der Waals surface area contributed by atoms with E-state index in [1.807, 2.05) is 54.6 Å². The van der Waals surface area contributed by atoms with Crippen LogP contribution < -0.4 is 10.2 Å². The Morgan fingerprint density at radius 2 is 1.49 bits per heavy atom. The zero-order valence-electron chi connectivity index (χ0n) is 26.2. The molecule has 0 saturated carbocycles.